The Morgan fingerprint density at radius 1 is 1.10 bits per heavy atom. The van der Waals surface area contributed by atoms with E-state index in [0.717, 1.165) is 50.9 Å². The highest BCUT2D eigenvalue weighted by molar-refractivity contribution is 7.90. The van der Waals surface area contributed by atoms with Crippen LogP contribution >= 0.6 is 11.6 Å². The van der Waals surface area contributed by atoms with Gasteiger partial charge >= 0.3 is 0 Å². The second-order valence-electron chi connectivity index (χ2n) is 14.9. The predicted molar refractivity (Wildman–Crippen MR) is 190 cm³/mol. The van der Waals surface area contributed by atoms with Gasteiger partial charge < -0.3 is 19.3 Å². The summed E-state index contributed by atoms with van der Waals surface area (Å²) in [6.45, 7) is 8.84. The molecule has 2 aromatic carbocycles. The molecule has 2 aromatic rings. The Labute approximate surface area is 295 Å². The van der Waals surface area contributed by atoms with Crippen LogP contribution in [0.1, 0.15) is 80.3 Å². The van der Waals surface area contributed by atoms with Gasteiger partial charge in [0.1, 0.15) is 11.6 Å². The van der Waals surface area contributed by atoms with E-state index in [4.69, 9.17) is 21.1 Å². The average Bonchev–Trinajstić information content (AvgIpc) is 3.74. The largest absolute Gasteiger partial charge is 0.491 e. The summed E-state index contributed by atoms with van der Waals surface area (Å²) in [5, 5.41) is -0.687. The minimum Gasteiger partial charge on any atom is -0.491 e. The first-order valence-electron chi connectivity index (χ1n) is 18.1. The molecule has 1 saturated carbocycles. The number of halogens is 2. The van der Waals surface area contributed by atoms with Crippen molar-refractivity contribution in [2.75, 3.05) is 44.3 Å². The van der Waals surface area contributed by atoms with Crippen molar-refractivity contribution < 1.29 is 27.1 Å². The second kappa shape index (κ2) is 14.2. The molecule has 8 nitrogen and oxygen atoms in total. The van der Waals surface area contributed by atoms with Gasteiger partial charge in [0.15, 0.2) is 0 Å². The van der Waals surface area contributed by atoms with Crippen molar-refractivity contribution >= 4 is 33.2 Å². The van der Waals surface area contributed by atoms with Crippen LogP contribution in [-0.2, 0) is 27.7 Å². The van der Waals surface area contributed by atoms with Gasteiger partial charge in [-0.05, 0) is 130 Å². The molecule has 6 atom stereocenters. The van der Waals surface area contributed by atoms with Crippen LogP contribution in [0.3, 0.4) is 0 Å². The first-order chi connectivity index (χ1) is 23.5. The topological polar surface area (TPSA) is 88.2 Å². The van der Waals surface area contributed by atoms with Crippen LogP contribution in [0.4, 0.5) is 10.1 Å². The fourth-order valence-corrected chi connectivity index (χ4v) is 10.3. The van der Waals surface area contributed by atoms with E-state index < -0.39 is 26.8 Å². The molecule has 0 aromatic heterocycles. The minimum atomic E-state index is -4.00. The maximum Gasteiger partial charge on any atom is 0.264 e. The number of carbonyl (C=O) groups excluding carboxylic acids is 1. The zero-order valence-electron chi connectivity index (χ0n) is 28.6. The molecule has 2 fully saturated rings. The number of sulfonamides is 1. The Kier molecular flexibility index (Phi) is 10.0. The number of ether oxygens (including phenoxy) is 2. The van der Waals surface area contributed by atoms with E-state index in [1.165, 1.54) is 12.8 Å². The Balaban J connectivity index is 1.30. The van der Waals surface area contributed by atoms with Gasteiger partial charge in [-0.3, -0.25) is 4.79 Å². The van der Waals surface area contributed by atoms with Gasteiger partial charge in [0.05, 0.1) is 34.8 Å². The molecule has 1 N–H and O–H groups in total. The third-order valence-corrected chi connectivity index (χ3v) is 14.3. The van der Waals surface area contributed by atoms with Gasteiger partial charge in [-0.25, -0.2) is 17.5 Å². The molecule has 266 valence electrons. The van der Waals surface area contributed by atoms with E-state index in [9.17, 15) is 13.2 Å². The lowest BCUT2D eigenvalue weighted by Crippen LogP contribution is -2.51. The molecule has 7 rings (SSSR count). The van der Waals surface area contributed by atoms with E-state index in [2.05, 4.69) is 26.7 Å². The van der Waals surface area contributed by atoms with Crippen molar-refractivity contribution in [1.29, 1.82) is 0 Å². The summed E-state index contributed by atoms with van der Waals surface area (Å²) in [4.78, 5) is 18.3. The van der Waals surface area contributed by atoms with Gasteiger partial charge in [0.25, 0.3) is 5.91 Å². The summed E-state index contributed by atoms with van der Waals surface area (Å²) in [5.41, 5.74) is 1.88. The van der Waals surface area contributed by atoms with Crippen molar-refractivity contribution in [3.8, 4) is 5.75 Å². The molecule has 3 aliphatic heterocycles. The van der Waals surface area contributed by atoms with Crippen molar-refractivity contribution in [2.24, 2.45) is 23.7 Å². The van der Waals surface area contributed by atoms with E-state index in [1.807, 2.05) is 13.0 Å². The fraction of sp³-hybridized carbons (Fsp3) is 0.605. The Bertz CT molecular complexity index is 1700. The van der Waals surface area contributed by atoms with E-state index >= 15 is 4.39 Å². The van der Waals surface area contributed by atoms with Gasteiger partial charge in [0.2, 0.25) is 10.0 Å². The highest BCUT2D eigenvalue weighted by Crippen LogP contribution is 2.52. The number of rotatable bonds is 4. The first kappa shape index (κ1) is 34.8. The molecule has 11 heteroatoms. The average molecular weight is 714 g/mol. The molecule has 3 heterocycles. The number of nitrogens with zero attached hydrogens (tertiary/aromatic N) is 2. The molecule has 1 saturated heterocycles. The maximum atomic E-state index is 15.6. The Morgan fingerprint density at radius 2 is 1.92 bits per heavy atom. The molecule has 1 amide bonds. The molecule has 2 aliphatic carbocycles. The summed E-state index contributed by atoms with van der Waals surface area (Å²) < 4.78 is 58.6. The standard InChI is InChI=1S/C38H49ClFN3O5S/c1-25-26(2)49(45,46)41-37(44)27-10-13-35-34(21-27)43(23-29-9-12-33(39)36(40)31(29)7-3-6-19-47-35)24-30-8-11-32(30)38(15-14-28(25)22-38)48-20-18-42-16-4-5-17-42/h9-10,12-15,21,25-26,28,30,32H,3-8,11,16-20,22-24H2,1-2H3,(H,41,44)/t25-,26-,28+,30+,32-,38?/m1/s1. The predicted octanol–water partition coefficient (Wildman–Crippen LogP) is 6.75. The van der Waals surface area contributed by atoms with Crippen LogP contribution in [-0.4, -0.2) is 69.5 Å². The number of benzene rings is 2. The highest BCUT2D eigenvalue weighted by atomic mass is 35.5. The number of allylic oxidation sites excluding steroid dienone is 1. The maximum absolute atomic E-state index is 15.6. The fourth-order valence-electron chi connectivity index (χ4n) is 8.76. The van der Waals surface area contributed by atoms with E-state index in [0.29, 0.717) is 56.1 Å². The number of likely N-dealkylation sites (tertiary alicyclic amines) is 1. The monoisotopic (exact) mass is 713 g/mol. The van der Waals surface area contributed by atoms with E-state index in [-0.39, 0.29) is 40.1 Å². The third kappa shape index (κ3) is 7.00. The third-order valence-electron chi connectivity index (χ3n) is 12.1. The summed E-state index contributed by atoms with van der Waals surface area (Å²) >= 11 is 6.28. The lowest BCUT2D eigenvalue weighted by atomic mass is 9.63. The molecule has 5 aliphatic rings. The van der Waals surface area contributed by atoms with Gasteiger partial charge in [-0.15, -0.1) is 0 Å². The van der Waals surface area contributed by atoms with Gasteiger partial charge in [-0.2, -0.15) is 0 Å². The second-order valence-corrected chi connectivity index (χ2v) is 17.4. The van der Waals surface area contributed by atoms with Crippen molar-refractivity contribution in [2.45, 2.75) is 82.6 Å². The molecule has 1 unspecified atom stereocenters. The summed E-state index contributed by atoms with van der Waals surface area (Å²) in [7, 11) is -4.00. The lowest BCUT2D eigenvalue weighted by Gasteiger charge is -2.50. The lowest BCUT2D eigenvalue weighted by molar-refractivity contribution is -0.106. The number of carbonyl (C=O) groups is 1. The van der Waals surface area contributed by atoms with Crippen molar-refractivity contribution in [1.82, 2.24) is 9.62 Å². The minimum absolute atomic E-state index is 0.0156. The van der Waals surface area contributed by atoms with Crippen molar-refractivity contribution in [3.05, 3.63) is 70.0 Å². The number of hydrogen-bond acceptors (Lipinski definition) is 7. The first-order valence-corrected chi connectivity index (χ1v) is 20.1. The molecule has 0 spiro atoms. The number of hydrogen-bond donors (Lipinski definition) is 1. The van der Waals surface area contributed by atoms with Crippen LogP contribution in [0.2, 0.25) is 5.02 Å². The Morgan fingerprint density at radius 3 is 2.69 bits per heavy atom. The van der Waals surface area contributed by atoms with Crippen LogP contribution in [0.5, 0.6) is 5.75 Å². The zero-order valence-corrected chi connectivity index (χ0v) is 30.2. The normalized spacial score (nSPS) is 31.6. The van der Waals surface area contributed by atoms with E-state index in [1.54, 1.807) is 31.2 Å². The summed E-state index contributed by atoms with van der Waals surface area (Å²) in [5.74, 6) is -0.201. The quantitative estimate of drug-likeness (QED) is 0.351. The van der Waals surface area contributed by atoms with Gasteiger partial charge in [-0.1, -0.05) is 36.7 Å². The SMILES string of the molecule is C[C@@H]1[C@@H](C)S(=O)(=O)NC(=O)c2ccc3c(c2)N(Cc2ccc(Cl)c(F)c2CCCCO3)C[C@@H]2CC[C@H]2C2(OCCN3CCCC3)C=C[C@H]1C2. The van der Waals surface area contributed by atoms with Crippen LogP contribution in [0.25, 0.3) is 0 Å². The molecule has 49 heavy (non-hydrogen) atoms. The zero-order chi connectivity index (χ0) is 34.3. The van der Waals surface area contributed by atoms with Crippen LogP contribution in [0.15, 0.2) is 42.5 Å². The van der Waals surface area contributed by atoms with Crippen LogP contribution in [0, 0.1) is 29.5 Å². The summed E-state index contributed by atoms with van der Waals surface area (Å²) in [6, 6.07) is 8.66. The smallest absolute Gasteiger partial charge is 0.264 e. The number of nitrogens with one attached hydrogen (secondary N) is 1. The Hall–Kier alpha value is -2.66. The van der Waals surface area contributed by atoms with Gasteiger partial charge in [0, 0.05) is 25.2 Å². The number of fused-ring (bicyclic) bond motifs is 6. The number of amides is 1. The van der Waals surface area contributed by atoms with Crippen LogP contribution < -0.4 is 14.4 Å². The molecule has 0 radical (unpaired) electrons. The number of anilines is 1. The summed E-state index contributed by atoms with van der Waals surface area (Å²) in [6.07, 6.45) is 11.6. The molecular weight excluding hydrogens is 665 g/mol. The van der Waals surface area contributed by atoms with Crippen molar-refractivity contribution in [3.63, 3.8) is 0 Å². The highest BCUT2D eigenvalue weighted by Gasteiger charge is 2.52. The molecular formula is C38H49ClFN3O5S. The molecule has 4 bridgehead atoms.